The Morgan fingerprint density at radius 3 is 2.76 bits per heavy atom. The molecule has 3 N–H and O–H groups in total. The number of hydrogen-bond donors (Lipinski definition) is 3. The monoisotopic (exact) mass is 403 g/mol. The summed E-state index contributed by atoms with van der Waals surface area (Å²) >= 11 is 3.45. The van der Waals surface area contributed by atoms with Gasteiger partial charge in [0.25, 0.3) is 0 Å². The second-order valence-corrected chi connectivity index (χ2v) is 7.09. The van der Waals surface area contributed by atoms with Crippen LogP contribution in [0.1, 0.15) is 34.0 Å². The molecule has 25 heavy (non-hydrogen) atoms. The smallest absolute Gasteiger partial charge is 0.339 e. The SMILES string of the molecule is CCc1c(Br)cc2c3c([nH]c2c1F)-c1cc(O)c(C(=O)O)cc1CC3. The van der Waals surface area contributed by atoms with E-state index in [1.807, 2.05) is 13.0 Å². The molecule has 0 fully saturated rings. The van der Waals surface area contributed by atoms with E-state index >= 15 is 0 Å². The van der Waals surface area contributed by atoms with Crippen molar-refractivity contribution in [1.82, 2.24) is 4.98 Å². The lowest BCUT2D eigenvalue weighted by atomic mass is 9.87. The Kier molecular flexibility index (Phi) is 3.61. The highest BCUT2D eigenvalue weighted by atomic mass is 79.9. The molecular formula is C19H15BrFNO3. The van der Waals surface area contributed by atoms with Gasteiger partial charge in [-0.15, -0.1) is 0 Å². The fourth-order valence-electron chi connectivity index (χ4n) is 3.67. The third kappa shape index (κ3) is 2.28. The predicted octanol–water partition coefficient (Wildman–Crippen LogP) is 4.80. The highest BCUT2D eigenvalue weighted by Gasteiger charge is 2.26. The van der Waals surface area contributed by atoms with Crippen molar-refractivity contribution in [3.05, 3.63) is 50.7 Å². The van der Waals surface area contributed by atoms with Gasteiger partial charge < -0.3 is 15.2 Å². The Labute approximate surface area is 151 Å². The summed E-state index contributed by atoms with van der Waals surface area (Å²) in [6, 6.07) is 4.90. The third-order valence-electron chi connectivity index (χ3n) is 4.91. The van der Waals surface area contributed by atoms with E-state index in [2.05, 4.69) is 20.9 Å². The van der Waals surface area contributed by atoms with Gasteiger partial charge in [0.05, 0.1) is 11.2 Å². The molecule has 0 amide bonds. The Morgan fingerprint density at radius 1 is 1.32 bits per heavy atom. The zero-order valence-electron chi connectivity index (χ0n) is 13.4. The molecule has 0 saturated heterocycles. The number of benzene rings is 2. The first kappa shape index (κ1) is 16.1. The van der Waals surface area contributed by atoms with Crippen molar-refractivity contribution in [2.45, 2.75) is 26.2 Å². The van der Waals surface area contributed by atoms with Gasteiger partial charge in [-0.05, 0) is 48.6 Å². The number of rotatable bonds is 2. The summed E-state index contributed by atoms with van der Waals surface area (Å²) in [4.78, 5) is 14.4. The van der Waals surface area contributed by atoms with Gasteiger partial charge in [-0.25, -0.2) is 9.18 Å². The quantitative estimate of drug-likeness (QED) is 0.575. The van der Waals surface area contributed by atoms with Gasteiger partial charge >= 0.3 is 5.97 Å². The summed E-state index contributed by atoms with van der Waals surface area (Å²) in [6.07, 6.45) is 1.90. The summed E-state index contributed by atoms with van der Waals surface area (Å²) in [6.45, 7) is 1.90. The minimum Gasteiger partial charge on any atom is -0.507 e. The number of carboxylic acids is 1. The lowest BCUT2D eigenvalue weighted by molar-refractivity contribution is 0.0693. The fourth-order valence-corrected chi connectivity index (χ4v) is 4.36. The number of carboxylic acid groups (broad SMARTS) is 1. The van der Waals surface area contributed by atoms with Gasteiger partial charge in [-0.2, -0.15) is 0 Å². The molecular weight excluding hydrogens is 389 g/mol. The number of hydrogen-bond acceptors (Lipinski definition) is 2. The number of aromatic amines is 1. The van der Waals surface area contributed by atoms with Crippen LogP contribution in [0.25, 0.3) is 22.2 Å². The number of aromatic hydroxyl groups is 1. The first-order chi connectivity index (χ1) is 11.9. The van der Waals surface area contributed by atoms with Crippen molar-refractivity contribution < 1.29 is 19.4 Å². The zero-order chi connectivity index (χ0) is 17.9. The maximum Gasteiger partial charge on any atom is 0.339 e. The number of aryl methyl sites for hydroxylation is 2. The van der Waals surface area contributed by atoms with E-state index in [-0.39, 0.29) is 17.1 Å². The Balaban J connectivity index is 2.01. The van der Waals surface area contributed by atoms with Crippen molar-refractivity contribution in [2.24, 2.45) is 0 Å². The Hall–Kier alpha value is -2.34. The number of fused-ring (bicyclic) bond motifs is 5. The van der Waals surface area contributed by atoms with Gasteiger partial charge in [0, 0.05) is 21.0 Å². The lowest BCUT2D eigenvalue weighted by Crippen LogP contribution is -2.06. The number of aromatic carboxylic acids is 1. The van der Waals surface area contributed by atoms with Crippen LogP contribution in [-0.4, -0.2) is 21.2 Å². The van der Waals surface area contributed by atoms with Crippen molar-refractivity contribution in [3.63, 3.8) is 0 Å². The molecule has 4 nitrogen and oxygen atoms in total. The molecule has 0 spiro atoms. The zero-order valence-corrected chi connectivity index (χ0v) is 15.0. The molecule has 0 aliphatic heterocycles. The van der Waals surface area contributed by atoms with Crippen LogP contribution in [-0.2, 0) is 19.3 Å². The van der Waals surface area contributed by atoms with E-state index in [1.165, 1.54) is 12.1 Å². The molecule has 1 aromatic heterocycles. The summed E-state index contributed by atoms with van der Waals surface area (Å²) in [7, 11) is 0. The highest BCUT2D eigenvalue weighted by Crippen LogP contribution is 2.42. The largest absolute Gasteiger partial charge is 0.507 e. The van der Waals surface area contributed by atoms with Crippen molar-refractivity contribution in [3.8, 4) is 17.0 Å². The molecule has 0 saturated carbocycles. The topological polar surface area (TPSA) is 73.3 Å². The van der Waals surface area contributed by atoms with Gasteiger partial charge in [-0.3, -0.25) is 0 Å². The molecule has 0 atom stereocenters. The fraction of sp³-hybridized carbons (Fsp3) is 0.211. The molecule has 0 bridgehead atoms. The second kappa shape index (κ2) is 5.59. The number of nitrogens with one attached hydrogen (secondary N) is 1. The summed E-state index contributed by atoms with van der Waals surface area (Å²) in [5.74, 6) is -1.71. The van der Waals surface area contributed by atoms with Crippen LogP contribution in [0, 0.1) is 5.82 Å². The second-order valence-electron chi connectivity index (χ2n) is 6.24. The van der Waals surface area contributed by atoms with Crippen LogP contribution in [0.3, 0.4) is 0 Å². The molecule has 128 valence electrons. The van der Waals surface area contributed by atoms with Crippen molar-refractivity contribution in [1.29, 1.82) is 0 Å². The van der Waals surface area contributed by atoms with E-state index in [0.717, 1.165) is 32.2 Å². The minimum atomic E-state index is -1.16. The minimum absolute atomic E-state index is 0.111. The van der Waals surface area contributed by atoms with Crippen molar-refractivity contribution >= 4 is 32.8 Å². The van der Waals surface area contributed by atoms with Crippen LogP contribution in [0.5, 0.6) is 5.75 Å². The number of halogens is 2. The molecule has 1 heterocycles. The number of H-pyrrole nitrogens is 1. The van der Waals surface area contributed by atoms with E-state index in [4.69, 9.17) is 0 Å². The van der Waals surface area contributed by atoms with Crippen LogP contribution in [0.4, 0.5) is 4.39 Å². The molecule has 0 radical (unpaired) electrons. The first-order valence-electron chi connectivity index (χ1n) is 8.03. The van der Waals surface area contributed by atoms with Crippen LogP contribution < -0.4 is 0 Å². The molecule has 3 aromatic rings. The van der Waals surface area contributed by atoms with E-state index in [9.17, 15) is 19.4 Å². The van der Waals surface area contributed by atoms with E-state index in [1.54, 1.807) is 0 Å². The highest BCUT2D eigenvalue weighted by molar-refractivity contribution is 9.10. The maximum atomic E-state index is 14.9. The van der Waals surface area contributed by atoms with Crippen LogP contribution >= 0.6 is 15.9 Å². The Morgan fingerprint density at radius 2 is 2.08 bits per heavy atom. The van der Waals surface area contributed by atoms with E-state index in [0.29, 0.717) is 30.3 Å². The average molecular weight is 404 g/mol. The predicted molar refractivity (Wildman–Crippen MR) is 96.8 cm³/mol. The summed E-state index contributed by atoms with van der Waals surface area (Å²) in [5.41, 5.74) is 4.28. The number of aromatic nitrogens is 1. The third-order valence-corrected chi connectivity index (χ3v) is 5.62. The number of carbonyl (C=O) groups is 1. The standard InChI is InChI=1S/C19H15BrFNO3/c1-2-9-14(20)6-12-10-4-3-8-5-13(19(24)25)15(23)7-11(8)17(10)22-18(12)16(9)21/h5-7,22-23H,2-4H2,1H3,(H,24,25). The normalized spacial score (nSPS) is 12.9. The van der Waals surface area contributed by atoms with Crippen LogP contribution in [0.15, 0.2) is 22.7 Å². The lowest BCUT2D eigenvalue weighted by Gasteiger charge is -2.18. The summed E-state index contributed by atoms with van der Waals surface area (Å²) < 4.78 is 15.6. The van der Waals surface area contributed by atoms with Gasteiger partial charge in [0.15, 0.2) is 5.82 Å². The Bertz CT molecular complexity index is 1050. The van der Waals surface area contributed by atoms with E-state index < -0.39 is 5.97 Å². The number of phenols is 1. The van der Waals surface area contributed by atoms with Gasteiger partial charge in [0.2, 0.25) is 0 Å². The van der Waals surface area contributed by atoms with Gasteiger partial charge in [0.1, 0.15) is 11.3 Å². The molecule has 4 rings (SSSR count). The van der Waals surface area contributed by atoms with Gasteiger partial charge in [-0.1, -0.05) is 22.9 Å². The molecule has 1 aliphatic carbocycles. The maximum absolute atomic E-state index is 14.9. The molecule has 0 unspecified atom stereocenters. The summed E-state index contributed by atoms with van der Waals surface area (Å²) in [5, 5.41) is 20.0. The average Bonchev–Trinajstić information content (AvgIpc) is 2.94. The molecule has 6 heteroatoms. The van der Waals surface area contributed by atoms with Crippen molar-refractivity contribution in [2.75, 3.05) is 0 Å². The molecule has 1 aliphatic rings. The van der Waals surface area contributed by atoms with Crippen LogP contribution in [0.2, 0.25) is 0 Å². The molecule has 2 aromatic carbocycles. The first-order valence-corrected chi connectivity index (χ1v) is 8.82.